The quantitative estimate of drug-likeness (QED) is 0.461. The lowest BCUT2D eigenvalue weighted by Gasteiger charge is -2.39. The highest BCUT2D eigenvalue weighted by molar-refractivity contribution is 6.32. The van der Waals surface area contributed by atoms with E-state index in [0.717, 1.165) is 56.0 Å². The van der Waals surface area contributed by atoms with Crippen molar-refractivity contribution in [3.8, 4) is 16.9 Å². The van der Waals surface area contributed by atoms with Gasteiger partial charge in [-0.05, 0) is 50.1 Å². The Morgan fingerprint density at radius 1 is 1.03 bits per heavy atom. The topological polar surface area (TPSA) is 67.7 Å². The highest BCUT2D eigenvalue weighted by Crippen LogP contribution is 2.31. The van der Waals surface area contributed by atoms with Crippen LogP contribution in [0.15, 0.2) is 54.6 Å². The first-order valence-electron chi connectivity index (χ1n) is 12.2. The zero-order valence-electron chi connectivity index (χ0n) is 19.8. The predicted octanol–water partition coefficient (Wildman–Crippen LogP) is 4.82. The number of ether oxygens (including phenoxy) is 1. The van der Waals surface area contributed by atoms with E-state index in [0.29, 0.717) is 16.6 Å². The highest BCUT2D eigenvalue weighted by Gasteiger charge is 2.31. The molecule has 0 bridgehead atoms. The molecule has 1 saturated heterocycles. The van der Waals surface area contributed by atoms with Crippen molar-refractivity contribution in [3.63, 3.8) is 0 Å². The van der Waals surface area contributed by atoms with E-state index in [4.69, 9.17) is 16.3 Å². The van der Waals surface area contributed by atoms with E-state index < -0.39 is 5.97 Å². The summed E-state index contributed by atoms with van der Waals surface area (Å²) in [4.78, 5) is 29.3. The number of hydrogen-bond donors (Lipinski definition) is 0. The van der Waals surface area contributed by atoms with Crippen LogP contribution in [0.2, 0.25) is 5.02 Å². The zero-order valence-corrected chi connectivity index (χ0v) is 20.6. The molecule has 7 nitrogen and oxygen atoms in total. The van der Waals surface area contributed by atoms with E-state index in [-0.39, 0.29) is 18.2 Å². The number of amides is 1. The lowest BCUT2D eigenvalue weighted by Crippen LogP contribution is -2.51. The summed E-state index contributed by atoms with van der Waals surface area (Å²) in [5.41, 5.74) is 3.70. The number of nitrogens with zero attached hydrogens (tertiary/aromatic N) is 4. The summed E-state index contributed by atoms with van der Waals surface area (Å²) in [6.45, 7) is 5.22. The smallest absolute Gasteiger partial charge is 0.358 e. The molecular weight excluding hydrogens is 464 g/mol. The van der Waals surface area contributed by atoms with Crippen LogP contribution < -0.4 is 4.90 Å². The molecule has 2 fully saturated rings. The maximum absolute atomic E-state index is 12.5. The van der Waals surface area contributed by atoms with Crippen molar-refractivity contribution >= 4 is 29.2 Å². The van der Waals surface area contributed by atoms with Crippen LogP contribution in [0.3, 0.4) is 0 Å². The molecule has 1 aliphatic carbocycles. The van der Waals surface area contributed by atoms with Crippen LogP contribution in [0.5, 0.6) is 0 Å². The van der Waals surface area contributed by atoms with Crippen LogP contribution in [0.1, 0.15) is 36.7 Å². The van der Waals surface area contributed by atoms with E-state index in [1.807, 2.05) is 35.2 Å². The van der Waals surface area contributed by atoms with Gasteiger partial charge in [0.2, 0.25) is 5.91 Å². The Morgan fingerprint density at radius 2 is 1.74 bits per heavy atom. The summed E-state index contributed by atoms with van der Waals surface area (Å²) < 4.78 is 6.85. The largest absolute Gasteiger partial charge is 0.461 e. The number of piperazine rings is 1. The number of halogens is 1. The van der Waals surface area contributed by atoms with E-state index >= 15 is 0 Å². The Bertz CT molecular complexity index is 1210. The monoisotopic (exact) mass is 492 g/mol. The predicted molar refractivity (Wildman–Crippen MR) is 136 cm³/mol. The number of para-hydroxylation sites is 1. The Hall–Kier alpha value is -3.32. The second-order valence-electron chi connectivity index (χ2n) is 8.99. The molecule has 0 spiro atoms. The summed E-state index contributed by atoms with van der Waals surface area (Å²) in [6, 6.07) is 17.4. The van der Waals surface area contributed by atoms with Gasteiger partial charge in [-0.2, -0.15) is 5.10 Å². The number of hydrogen-bond acceptors (Lipinski definition) is 5. The van der Waals surface area contributed by atoms with Gasteiger partial charge < -0.3 is 14.5 Å². The molecule has 1 aromatic heterocycles. The van der Waals surface area contributed by atoms with E-state index in [1.54, 1.807) is 23.7 Å². The Morgan fingerprint density at radius 3 is 2.37 bits per heavy atom. The Kier molecular flexibility index (Phi) is 6.77. The van der Waals surface area contributed by atoms with Crippen molar-refractivity contribution in [3.05, 3.63) is 65.3 Å². The SMILES string of the molecule is CCOC(=O)c1cc(-c2ccc(N3CCN(C(=O)C4CCC4)CC3)cc2)n(-c2ccccc2Cl)n1. The summed E-state index contributed by atoms with van der Waals surface area (Å²) >= 11 is 6.45. The van der Waals surface area contributed by atoms with Gasteiger partial charge in [0.25, 0.3) is 0 Å². The highest BCUT2D eigenvalue weighted by atomic mass is 35.5. The van der Waals surface area contributed by atoms with Crippen molar-refractivity contribution < 1.29 is 14.3 Å². The Labute approximate surface area is 210 Å². The molecular formula is C27H29ClN4O3. The molecule has 1 saturated carbocycles. The first kappa shape index (κ1) is 23.4. The molecule has 3 aromatic rings. The van der Waals surface area contributed by atoms with Crippen LogP contribution in [0.25, 0.3) is 16.9 Å². The van der Waals surface area contributed by atoms with Gasteiger partial charge in [-0.15, -0.1) is 0 Å². The van der Waals surface area contributed by atoms with Gasteiger partial charge in [-0.1, -0.05) is 42.3 Å². The normalized spacial score (nSPS) is 16.2. The standard InChI is InChI=1S/C27H29ClN4O3/c1-2-35-27(34)23-18-25(32(29-23)24-9-4-3-8-22(24)28)19-10-12-21(13-11-19)30-14-16-31(17-15-30)26(33)20-6-5-7-20/h3-4,8-13,18,20H,2,5-7,14-17H2,1H3. The number of carbonyl (C=O) groups excluding carboxylic acids is 2. The molecule has 2 aliphatic rings. The van der Waals surface area contributed by atoms with Crippen LogP contribution in [0.4, 0.5) is 5.69 Å². The molecule has 1 aliphatic heterocycles. The van der Waals surface area contributed by atoms with E-state index in [9.17, 15) is 9.59 Å². The van der Waals surface area contributed by atoms with E-state index in [1.165, 1.54) is 6.42 Å². The van der Waals surface area contributed by atoms with Crippen molar-refractivity contribution in [1.29, 1.82) is 0 Å². The molecule has 0 atom stereocenters. The molecule has 182 valence electrons. The summed E-state index contributed by atoms with van der Waals surface area (Å²) in [5, 5.41) is 5.05. The second kappa shape index (κ2) is 10.1. The number of carbonyl (C=O) groups is 2. The first-order chi connectivity index (χ1) is 17.0. The average molecular weight is 493 g/mol. The maximum Gasteiger partial charge on any atom is 0.358 e. The molecule has 2 aromatic carbocycles. The fraction of sp³-hybridized carbons (Fsp3) is 0.370. The third kappa shape index (κ3) is 4.78. The maximum atomic E-state index is 12.5. The molecule has 2 heterocycles. The molecule has 0 radical (unpaired) electrons. The number of anilines is 1. The van der Waals surface area contributed by atoms with Gasteiger partial charge in [0.1, 0.15) is 0 Å². The van der Waals surface area contributed by atoms with Crippen LogP contribution in [-0.2, 0) is 9.53 Å². The Balaban J connectivity index is 1.36. The molecule has 8 heteroatoms. The zero-order chi connectivity index (χ0) is 24.4. The van der Waals surface area contributed by atoms with Crippen molar-refractivity contribution in [2.24, 2.45) is 5.92 Å². The fourth-order valence-corrected chi connectivity index (χ4v) is 4.86. The molecule has 0 N–H and O–H groups in total. The minimum absolute atomic E-state index is 0.234. The van der Waals surface area contributed by atoms with Gasteiger partial charge in [-0.25, -0.2) is 9.48 Å². The van der Waals surface area contributed by atoms with Gasteiger partial charge in [0, 0.05) is 43.3 Å². The van der Waals surface area contributed by atoms with Gasteiger partial charge in [0.15, 0.2) is 5.69 Å². The van der Waals surface area contributed by atoms with Crippen LogP contribution in [-0.4, -0.2) is 59.3 Å². The molecule has 5 rings (SSSR count). The summed E-state index contributed by atoms with van der Waals surface area (Å²) in [5.74, 6) is 0.116. The fourth-order valence-electron chi connectivity index (χ4n) is 4.64. The van der Waals surface area contributed by atoms with Crippen molar-refractivity contribution in [2.45, 2.75) is 26.2 Å². The van der Waals surface area contributed by atoms with Gasteiger partial charge in [0.05, 0.1) is 23.0 Å². The number of esters is 1. The minimum Gasteiger partial charge on any atom is -0.461 e. The third-order valence-corrected chi connectivity index (χ3v) is 7.17. The average Bonchev–Trinajstić information content (AvgIpc) is 3.29. The number of aromatic nitrogens is 2. The number of benzene rings is 2. The van der Waals surface area contributed by atoms with Crippen molar-refractivity contribution in [2.75, 3.05) is 37.7 Å². The summed E-state index contributed by atoms with van der Waals surface area (Å²) in [6.07, 6.45) is 3.27. The van der Waals surface area contributed by atoms with E-state index in [2.05, 4.69) is 22.1 Å². The first-order valence-corrected chi connectivity index (χ1v) is 12.6. The lowest BCUT2D eigenvalue weighted by molar-refractivity contribution is -0.138. The second-order valence-corrected chi connectivity index (χ2v) is 9.39. The third-order valence-electron chi connectivity index (χ3n) is 6.85. The van der Waals surface area contributed by atoms with Gasteiger partial charge >= 0.3 is 5.97 Å². The molecule has 35 heavy (non-hydrogen) atoms. The summed E-state index contributed by atoms with van der Waals surface area (Å²) in [7, 11) is 0. The number of rotatable bonds is 6. The molecule has 0 unspecified atom stereocenters. The minimum atomic E-state index is -0.467. The van der Waals surface area contributed by atoms with Gasteiger partial charge in [-0.3, -0.25) is 4.79 Å². The lowest BCUT2D eigenvalue weighted by atomic mass is 9.84. The van der Waals surface area contributed by atoms with Crippen LogP contribution >= 0.6 is 11.6 Å². The van der Waals surface area contributed by atoms with Crippen molar-refractivity contribution in [1.82, 2.24) is 14.7 Å². The molecule has 1 amide bonds. The van der Waals surface area contributed by atoms with Crippen LogP contribution in [0, 0.1) is 5.92 Å².